The van der Waals surface area contributed by atoms with Gasteiger partial charge in [0.25, 0.3) is 5.97 Å². The van der Waals surface area contributed by atoms with Crippen molar-refractivity contribution in [1.29, 1.82) is 0 Å². The fraction of sp³-hybridized carbons (Fsp3) is 0.333. The first-order valence-electron chi connectivity index (χ1n) is 5.86. The highest BCUT2D eigenvalue weighted by Crippen LogP contribution is 2.15. The van der Waals surface area contributed by atoms with Gasteiger partial charge in [-0.1, -0.05) is 0 Å². The van der Waals surface area contributed by atoms with Gasteiger partial charge in [-0.3, -0.25) is 14.4 Å². The SMILES string of the molecule is CC(=O)O.O=C(O)C=CC(=O)O.O=C(O)CC(O)(CC(=O)O)C(=O)O. The Balaban J connectivity index is -0.000000342. The lowest BCUT2D eigenvalue weighted by molar-refractivity contribution is -0.170. The van der Waals surface area contributed by atoms with Crippen molar-refractivity contribution >= 4 is 35.8 Å². The molecule has 0 unspecified atom stereocenters. The van der Waals surface area contributed by atoms with Gasteiger partial charge in [0.1, 0.15) is 0 Å². The van der Waals surface area contributed by atoms with E-state index in [2.05, 4.69) is 0 Å². The standard InChI is InChI=1S/C6H8O7.C4H4O4.C2H4O2/c7-3(8)1-6(13,5(11)12)2-4(9)10;5-3(6)1-2-4(7)8;1-2(3)4/h13H,1-2H2,(H,7,8)(H,9,10)(H,11,12);1-2H,(H,5,6)(H,7,8);1H3,(H,3,4). The molecule has 0 aliphatic heterocycles. The average Bonchev–Trinajstić information content (AvgIpc) is 2.34. The number of carboxylic acid groups (broad SMARTS) is 6. The van der Waals surface area contributed by atoms with Crippen LogP contribution >= 0.6 is 0 Å². The summed E-state index contributed by atoms with van der Waals surface area (Å²) in [6.45, 7) is 1.08. The van der Waals surface area contributed by atoms with Crippen LogP contribution in [0.15, 0.2) is 12.2 Å². The molecular formula is C12H16O13. The molecule has 0 aromatic carbocycles. The van der Waals surface area contributed by atoms with Gasteiger partial charge in [0.15, 0.2) is 5.60 Å². The summed E-state index contributed by atoms with van der Waals surface area (Å²) in [6.07, 6.45) is -1.17. The molecule has 13 heteroatoms. The van der Waals surface area contributed by atoms with Gasteiger partial charge < -0.3 is 35.7 Å². The van der Waals surface area contributed by atoms with Crippen LogP contribution in [0.1, 0.15) is 19.8 Å². The molecule has 0 saturated carbocycles. The molecule has 0 bridgehead atoms. The third kappa shape index (κ3) is 22.9. The highest BCUT2D eigenvalue weighted by molar-refractivity contribution is 5.89. The summed E-state index contributed by atoms with van der Waals surface area (Å²) in [4.78, 5) is 58.6. The normalized spacial score (nSPS) is 9.68. The Morgan fingerprint density at radius 2 is 0.960 bits per heavy atom. The van der Waals surface area contributed by atoms with E-state index >= 15 is 0 Å². The van der Waals surface area contributed by atoms with Crippen molar-refractivity contribution in [1.82, 2.24) is 0 Å². The van der Waals surface area contributed by atoms with E-state index in [4.69, 9.17) is 40.5 Å². The predicted molar refractivity (Wildman–Crippen MR) is 74.8 cm³/mol. The van der Waals surface area contributed by atoms with Crippen molar-refractivity contribution in [2.24, 2.45) is 0 Å². The highest BCUT2D eigenvalue weighted by Gasteiger charge is 2.40. The second kappa shape index (κ2) is 13.0. The number of hydrogen-bond acceptors (Lipinski definition) is 7. The summed E-state index contributed by atoms with van der Waals surface area (Å²) in [5.74, 6) is -8.37. The molecule has 0 rings (SSSR count). The van der Waals surface area contributed by atoms with Crippen molar-refractivity contribution in [3.05, 3.63) is 12.2 Å². The quantitative estimate of drug-likeness (QED) is 0.255. The van der Waals surface area contributed by atoms with Gasteiger partial charge in [0.2, 0.25) is 0 Å². The summed E-state index contributed by atoms with van der Waals surface area (Å²) in [7, 11) is 0. The lowest BCUT2D eigenvalue weighted by Gasteiger charge is -2.18. The molecule has 142 valence electrons. The molecule has 0 fully saturated rings. The molecule has 0 aliphatic rings. The minimum Gasteiger partial charge on any atom is -0.481 e. The first-order valence-corrected chi connectivity index (χ1v) is 5.86. The molecule has 0 aromatic heterocycles. The second-order valence-corrected chi connectivity index (χ2v) is 4.01. The van der Waals surface area contributed by atoms with Crippen LogP contribution in [-0.4, -0.2) is 77.2 Å². The third-order valence-corrected chi connectivity index (χ3v) is 1.65. The minimum atomic E-state index is -2.74. The summed E-state index contributed by atoms with van der Waals surface area (Å²) in [5, 5.41) is 56.9. The minimum absolute atomic E-state index is 0.558. The number of carbonyl (C=O) groups is 6. The fourth-order valence-electron chi connectivity index (χ4n) is 0.857. The van der Waals surface area contributed by atoms with Crippen LogP contribution < -0.4 is 0 Å². The largest absolute Gasteiger partial charge is 0.481 e. The van der Waals surface area contributed by atoms with Crippen LogP contribution in [0.4, 0.5) is 0 Å². The second-order valence-electron chi connectivity index (χ2n) is 4.01. The van der Waals surface area contributed by atoms with Gasteiger partial charge in [0.05, 0.1) is 12.8 Å². The van der Waals surface area contributed by atoms with Gasteiger partial charge in [-0.2, -0.15) is 0 Å². The molecule has 25 heavy (non-hydrogen) atoms. The molecule has 0 heterocycles. The van der Waals surface area contributed by atoms with E-state index in [1.165, 1.54) is 0 Å². The van der Waals surface area contributed by atoms with Crippen LogP contribution in [0.3, 0.4) is 0 Å². The van der Waals surface area contributed by atoms with E-state index in [-0.39, 0.29) is 0 Å². The molecule has 7 N–H and O–H groups in total. The summed E-state index contributed by atoms with van der Waals surface area (Å²) < 4.78 is 0. The van der Waals surface area contributed by atoms with Crippen molar-refractivity contribution in [3.63, 3.8) is 0 Å². The Hall–Kier alpha value is -3.48. The summed E-state index contributed by atoms with van der Waals surface area (Å²) in [6, 6.07) is 0. The molecule has 0 radical (unpaired) electrons. The van der Waals surface area contributed by atoms with Crippen LogP contribution in [0.5, 0.6) is 0 Å². The molecular weight excluding hydrogens is 352 g/mol. The van der Waals surface area contributed by atoms with E-state index in [1.807, 2.05) is 0 Å². The Kier molecular flexibility index (Phi) is 13.7. The van der Waals surface area contributed by atoms with E-state index in [9.17, 15) is 24.0 Å². The van der Waals surface area contributed by atoms with Gasteiger partial charge in [-0.15, -0.1) is 0 Å². The van der Waals surface area contributed by atoms with Gasteiger partial charge >= 0.3 is 29.8 Å². The maximum absolute atomic E-state index is 10.3. The number of carboxylic acids is 6. The van der Waals surface area contributed by atoms with Gasteiger partial charge in [-0.25, -0.2) is 14.4 Å². The fourth-order valence-corrected chi connectivity index (χ4v) is 0.857. The molecule has 13 nitrogen and oxygen atoms in total. The Morgan fingerprint density at radius 1 is 0.720 bits per heavy atom. The van der Waals surface area contributed by atoms with Gasteiger partial charge in [-0.05, 0) is 0 Å². The molecule has 0 atom stereocenters. The first kappa shape index (κ1) is 26.4. The molecule has 0 saturated heterocycles. The highest BCUT2D eigenvalue weighted by atomic mass is 16.4. The van der Waals surface area contributed by atoms with E-state index < -0.39 is 54.3 Å². The van der Waals surface area contributed by atoms with Crippen molar-refractivity contribution in [2.75, 3.05) is 0 Å². The smallest absolute Gasteiger partial charge is 0.336 e. The Bertz CT molecular complexity index is 509. The topological polar surface area (TPSA) is 244 Å². The average molecular weight is 368 g/mol. The summed E-state index contributed by atoms with van der Waals surface area (Å²) >= 11 is 0. The first-order chi connectivity index (χ1) is 11.1. The Morgan fingerprint density at radius 3 is 1.08 bits per heavy atom. The van der Waals surface area contributed by atoms with E-state index in [0.29, 0.717) is 12.2 Å². The Labute approximate surface area is 139 Å². The number of rotatable bonds is 7. The van der Waals surface area contributed by atoms with Crippen LogP contribution in [0, 0.1) is 0 Å². The monoisotopic (exact) mass is 368 g/mol. The maximum Gasteiger partial charge on any atom is 0.336 e. The lowest BCUT2D eigenvalue weighted by atomic mass is 9.96. The molecule has 0 aliphatic carbocycles. The number of hydrogen-bond donors (Lipinski definition) is 7. The number of aliphatic hydroxyl groups is 1. The third-order valence-electron chi connectivity index (χ3n) is 1.65. The van der Waals surface area contributed by atoms with Crippen molar-refractivity contribution in [3.8, 4) is 0 Å². The zero-order chi connectivity index (χ0) is 20.8. The predicted octanol–water partition coefficient (Wildman–Crippen LogP) is -1.45. The van der Waals surface area contributed by atoms with E-state index in [0.717, 1.165) is 6.92 Å². The van der Waals surface area contributed by atoms with Crippen LogP contribution in [0.2, 0.25) is 0 Å². The van der Waals surface area contributed by atoms with Crippen molar-refractivity contribution in [2.45, 2.75) is 25.4 Å². The zero-order valence-electron chi connectivity index (χ0n) is 12.6. The maximum atomic E-state index is 10.3. The van der Waals surface area contributed by atoms with E-state index in [1.54, 1.807) is 0 Å². The molecule has 0 aromatic rings. The lowest BCUT2D eigenvalue weighted by Crippen LogP contribution is -2.42. The molecule has 0 spiro atoms. The summed E-state index contributed by atoms with van der Waals surface area (Å²) in [5.41, 5.74) is -2.74. The van der Waals surface area contributed by atoms with Crippen LogP contribution in [-0.2, 0) is 28.8 Å². The number of aliphatic carboxylic acids is 6. The van der Waals surface area contributed by atoms with Crippen LogP contribution in [0.25, 0.3) is 0 Å². The van der Waals surface area contributed by atoms with Gasteiger partial charge in [0, 0.05) is 19.1 Å². The van der Waals surface area contributed by atoms with Crippen molar-refractivity contribution < 1.29 is 64.5 Å². The molecule has 0 amide bonds. The zero-order valence-corrected chi connectivity index (χ0v) is 12.6.